The molecule has 0 atom stereocenters. The summed E-state index contributed by atoms with van der Waals surface area (Å²) in [5, 5.41) is 6.78. The Bertz CT molecular complexity index is 788. The number of carbonyl (C=O) groups is 2. The van der Waals surface area contributed by atoms with Gasteiger partial charge >= 0.3 is 0 Å². The van der Waals surface area contributed by atoms with Crippen LogP contribution < -0.4 is 10.6 Å². The molecular weight excluding hydrogens is 376 g/mol. The number of benzene rings is 1. The summed E-state index contributed by atoms with van der Waals surface area (Å²) in [5.41, 5.74) is 1.39. The second-order valence-corrected chi connectivity index (χ2v) is 7.65. The van der Waals surface area contributed by atoms with Crippen LogP contribution in [0.3, 0.4) is 0 Å². The molecule has 3 rings (SSSR count). The minimum atomic E-state index is -0.297. The van der Waals surface area contributed by atoms with E-state index < -0.39 is 0 Å². The average molecular weight is 403 g/mol. The van der Waals surface area contributed by atoms with Crippen LogP contribution in [0.1, 0.15) is 21.8 Å². The second kappa shape index (κ2) is 10.3. The van der Waals surface area contributed by atoms with Gasteiger partial charge in [0.05, 0.1) is 6.54 Å². The summed E-state index contributed by atoms with van der Waals surface area (Å²) in [4.78, 5) is 32.3. The minimum absolute atomic E-state index is 0.00542. The highest BCUT2D eigenvalue weighted by molar-refractivity contribution is 7.15. The Kier molecular flexibility index (Phi) is 7.53. The third kappa shape index (κ3) is 5.37. The van der Waals surface area contributed by atoms with E-state index in [9.17, 15) is 9.59 Å². The number of hydrogen-bond acceptors (Lipinski definition) is 6. The number of piperazine rings is 1. The maximum absolute atomic E-state index is 12.7. The molecule has 2 amide bonds. The molecule has 1 aromatic carbocycles. The monoisotopic (exact) mass is 402 g/mol. The van der Waals surface area contributed by atoms with Crippen LogP contribution in [0.25, 0.3) is 10.6 Å². The molecule has 8 heteroatoms. The largest absolute Gasteiger partial charge is 0.385 e. The number of thiazole rings is 1. The van der Waals surface area contributed by atoms with Crippen LogP contribution in [0.5, 0.6) is 0 Å². The molecule has 2 heterocycles. The standard InChI is InChI=1S/C20H26N4O3S/c1-27-13-5-8-16-18(23-20(28-16)15-6-3-2-4-7-15)19(26)22-14-17(25)24-11-9-21-10-12-24/h2-4,6-7,21H,5,8-14H2,1H3,(H,22,26). The third-order valence-electron chi connectivity index (χ3n) is 4.56. The van der Waals surface area contributed by atoms with E-state index in [1.165, 1.54) is 11.3 Å². The van der Waals surface area contributed by atoms with E-state index in [4.69, 9.17) is 4.74 Å². The fraction of sp³-hybridized carbons (Fsp3) is 0.450. The van der Waals surface area contributed by atoms with E-state index in [0.29, 0.717) is 31.8 Å². The Balaban J connectivity index is 1.69. The molecule has 150 valence electrons. The Labute approximate surface area is 169 Å². The van der Waals surface area contributed by atoms with Crippen molar-refractivity contribution in [1.82, 2.24) is 20.5 Å². The zero-order chi connectivity index (χ0) is 19.8. The molecule has 0 unspecified atom stereocenters. The van der Waals surface area contributed by atoms with Gasteiger partial charge in [0, 0.05) is 50.3 Å². The normalized spacial score (nSPS) is 14.1. The predicted molar refractivity (Wildman–Crippen MR) is 110 cm³/mol. The number of aromatic nitrogens is 1. The number of amides is 2. The number of ether oxygens (including phenoxy) is 1. The Morgan fingerprint density at radius 3 is 2.71 bits per heavy atom. The van der Waals surface area contributed by atoms with Crippen LogP contribution in [0.4, 0.5) is 0 Å². The van der Waals surface area contributed by atoms with Crippen molar-refractivity contribution in [2.24, 2.45) is 0 Å². The van der Waals surface area contributed by atoms with Gasteiger partial charge in [-0.3, -0.25) is 9.59 Å². The first kappa shape index (κ1) is 20.4. The zero-order valence-electron chi connectivity index (χ0n) is 16.1. The van der Waals surface area contributed by atoms with E-state index in [-0.39, 0.29) is 18.4 Å². The fourth-order valence-electron chi connectivity index (χ4n) is 3.05. The van der Waals surface area contributed by atoms with Crippen LogP contribution in [-0.4, -0.2) is 68.1 Å². The minimum Gasteiger partial charge on any atom is -0.385 e. The summed E-state index contributed by atoms with van der Waals surface area (Å²) in [6, 6.07) is 9.81. The molecule has 2 N–H and O–H groups in total. The molecule has 1 fully saturated rings. The molecule has 1 aliphatic rings. The van der Waals surface area contributed by atoms with Gasteiger partial charge in [0.25, 0.3) is 5.91 Å². The molecule has 0 aliphatic carbocycles. The Morgan fingerprint density at radius 2 is 2.00 bits per heavy atom. The predicted octanol–water partition coefficient (Wildman–Crippen LogP) is 1.55. The van der Waals surface area contributed by atoms with Gasteiger partial charge in [-0.15, -0.1) is 11.3 Å². The van der Waals surface area contributed by atoms with Gasteiger partial charge in [-0.05, 0) is 12.8 Å². The molecule has 0 saturated carbocycles. The summed E-state index contributed by atoms with van der Waals surface area (Å²) in [6.07, 6.45) is 1.53. The van der Waals surface area contributed by atoms with Crippen molar-refractivity contribution in [2.75, 3.05) is 46.4 Å². The van der Waals surface area contributed by atoms with Crippen molar-refractivity contribution < 1.29 is 14.3 Å². The fourth-order valence-corrected chi connectivity index (χ4v) is 4.15. The smallest absolute Gasteiger partial charge is 0.271 e. The van der Waals surface area contributed by atoms with Crippen LogP contribution in [-0.2, 0) is 16.0 Å². The van der Waals surface area contributed by atoms with Gasteiger partial charge in [0.2, 0.25) is 5.91 Å². The number of aryl methyl sites for hydroxylation is 1. The van der Waals surface area contributed by atoms with Gasteiger partial charge in [0.15, 0.2) is 0 Å². The number of nitrogens with zero attached hydrogens (tertiary/aromatic N) is 2. The van der Waals surface area contributed by atoms with E-state index >= 15 is 0 Å². The van der Waals surface area contributed by atoms with E-state index in [2.05, 4.69) is 15.6 Å². The lowest BCUT2D eigenvalue weighted by molar-refractivity contribution is -0.130. The molecule has 2 aromatic rings. The highest BCUT2D eigenvalue weighted by Crippen LogP contribution is 2.29. The summed E-state index contributed by atoms with van der Waals surface area (Å²) in [7, 11) is 1.66. The van der Waals surface area contributed by atoms with E-state index in [1.807, 2.05) is 30.3 Å². The summed E-state index contributed by atoms with van der Waals surface area (Å²) in [5.74, 6) is -0.358. The lowest BCUT2D eigenvalue weighted by Crippen LogP contribution is -2.49. The Hall–Kier alpha value is -2.29. The van der Waals surface area contributed by atoms with Crippen molar-refractivity contribution in [1.29, 1.82) is 0 Å². The summed E-state index contributed by atoms with van der Waals surface area (Å²) >= 11 is 1.52. The topological polar surface area (TPSA) is 83.6 Å². The molecule has 28 heavy (non-hydrogen) atoms. The highest BCUT2D eigenvalue weighted by atomic mass is 32.1. The molecule has 0 radical (unpaired) electrons. The molecule has 0 bridgehead atoms. The second-order valence-electron chi connectivity index (χ2n) is 6.57. The zero-order valence-corrected chi connectivity index (χ0v) is 16.9. The van der Waals surface area contributed by atoms with Crippen LogP contribution >= 0.6 is 11.3 Å². The lowest BCUT2D eigenvalue weighted by Gasteiger charge is -2.27. The molecule has 7 nitrogen and oxygen atoms in total. The molecular formula is C20H26N4O3S. The van der Waals surface area contributed by atoms with E-state index in [0.717, 1.165) is 35.0 Å². The van der Waals surface area contributed by atoms with Gasteiger partial charge < -0.3 is 20.3 Å². The summed E-state index contributed by atoms with van der Waals surface area (Å²) in [6.45, 7) is 3.54. The van der Waals surface area contributed by atoms with Crippen molar-refractivity contribution in [2.45, 2.75) is 12.8 Å². The number of methoxy groups -OCH3 is 1. The van der Waals surface area contributed by atoms with Gasteiger partial charge in [0.1, 0.15) is 10.7 Å². The number of carbonyl (C=O) groups excluding carboxylic acids is 2. The van der Waals surface area contributed by atoms with Crippen LogP contribution in [0.15, 0.2) is 30.3 Å². The Morgan fingerprint density at radius 1 is 1.25 bits per heavy atom. The van der Waals surface area contributed by atoms with Crippen molar-refractivity contribution in [3.05, 3.63) is 40.9 Å². The van der Waals surface area contributed by atoms with Crippen LogP contribution in [0.2, 0.25) is 0 Å². The maximum atomic E-state index is 12.7. The number of hydrogen-bond donors (Lipinski definition) is 2. The van der Waals surface area contributed by atoms with Gasteiger partial charge in [-0.2, -0.15) is 0 Å². The van der Waals surface area contributed by atoms with Gasteiger partial charge in [-0.25, -0.2) is 4.98 Å². The van der Waals surface area contributed by atoms with E-state index in [1.54, 1.807) is 12.0 Å². The number of rotatable bonds is 8. The summed E-state index contributed by atoms with van der Waals surface area (Å²) < 4.78 is 5.13. The van der Waals surface area contributed by atoms with Crippen molar-refractivity contribution >= 4 is 23.2 Å². The first-order chi connectivity index (χ1) is 13.7. The molecule has 1 saturated heterocycles. The first-order valence-corrected chi connectivity index (χ1v) is 10.3. The first-order valence-electron chi connectivity index (χ1n) is 9.50. The SMILES string of the molecule is COCCCc1sc(-c2ccccc2)nc1C(=O)NCC(=O)N1CCNCC1. The quantitative estimate of drug-likeness (QED) is 0.655. The third-order valence-corrected chi connectivity index (χ3v) is 5.72. The average Bonchev–Trinajstić information content (AvgIpc) is 3.17. The highest BCUT2D eigenvalue weighted by Gasteiger charge is 2.21. The maximum Gasteiger partial charge on any atom is 0.271 e. The van der Waals surface area contributed by atoms with Gasteiger partial charge in [-0.1, -0.05) is 30.3 Å². The van der Waals surface area contributed by atoms with Crippen LogP contribution in [0, 0.1) is 0 Å². The molecule has 1 aliphatic heterocycles. The van der Waals surface area contributed by atoms with Crippen molar-refractivity contribution in [3.63, 3.8) is 0 Å². The van der Waals surface area contributed by atoms with Crippen molar-refractivity contribution in [3.8, 4) is 10.6 Å². The number of nitrogens with one attached hydrogen (secondary N) is 2. The molecule has 0 spiro atoms. The lowest BCUT2D eigenvalue weighted by atomic mass is 10.2. The molecule has 1 aromatic heterocycles.